The normalized spacial score (nSPS) is 13.1. The Morgan fingerprint density at radius 3 is 2.84 bits per heavy atom. The lowest BCUT2D eigenvalue weighted by atomic mass is 9.98. The summed E-state index contributed by atoms with van der Waals surface area (Å²) in [5, 5.41) is 3.76. The maximum atomic E-state index is 13.6. The number of thiazole rings is 1. The Labute approximate surface area is 182 Å². The number of para-hydroxylation sites is 1. The maximum Gasteiger partial charge on any atom is 0.261 e. The van der Waals surface area contributed by atoms with E-state index in [0.29, 0.717) is 12.1 Å². The topological polar surface area (TPSA) is 60.9 Å². The molecule has 6 heteroatoms. The molecule has 5 aromatic rings. The summed E-state index contributed by atoms with van der Waals surface area (Å²) >= 11 is 1.50. The molecule has 5 nitrogen and oxygen atoms in total. The van der Waals surface area contributed by atoms with Crippen LogP contribution in [0.25, 0.3) is 44.1 Å². The van der Waals surface area contributed by atoms with E-state index in [0.717, 1.165) is 57.1 Å². The first-order valence-electron chi connectivity index (χ1n) is 10.3. The molecule has 1 aromatic carbocycles. The van der Waals surface area contributed by atoms with Crippen molar-refractivity contribution in [2.45, 2.75) is 26.3 Å². The summed E-state index contributed by atoms with van der Waals surface area (Å²) in [5.74, 6) is 0.746. The van der Waals surface area contributed by atoms with Crippen molar-refractivity contribution in [2.24, 2.45) is 0 Å². The lowest BCUT2D eigenvalue weighted by Crippen LogP contribution is -2.23. The summed E-state index contributed by atoms with van der Waals surface area (Å²) in [6.45, 7) is 2.59. The third kappa shape index (κ3) is 2.94. The van der Waals surface area contributed by atoms with Gasteiger partial charge in [-0.3, -0.25) is 9.78 Å². The second-order valence-electron chi connectivity index (χ2n) is 7.86. The van der Waals surface area contributed by atoms with E-state index in [2.05, 4.69) is 16.0 Å². The standard InChI is InChI=1S/C25H19N3O2S/c1-15-14-31-24(27-15)19-12-18(22-11-17-5-2-3-7-21(17)30-22)23-20-13-26-9-8-16(20)6-4-10-28(23)25(19)29/h2-3,5,7-9,11-14H,4,6,10H2,1H3. The van der Waals surface area contributed by atoms with Crippen molar-refractivity contribution in [3.8, 4) is 33.2 Å². The highest BCUT2D eigenvalue weighted by atomic mass is 32.1. The van der Waals surface area contributed by atoms with Gasteiger partial charge in [0.1, 0.15) is 16.4 Å². The van der Waals surface area contributed by atoms with Crippen LogP contribution in [0.15, 0.2) is 69.5 Å². The zero-order valence-electron chi connectivity index (χ0n) is 17.0. The fourth-order valence-corrected chi connectivity index (χ4v) is 5.19. The lowest BCUT2D eigenvalue weighted by molar-refractivity contribution is 0.623. The van der Waals surface area contributed by atoms with E-state index in [-0.39, 0.29) is 5.56 Å². The summed E-state index contributed by atoms with van der Waals surface area (Å²) in [5.41, 5.74) is 6.32. The number of aromatic nitrogens is 3. The summed E-state index contributed by atoms with van der Waals surface area (Å²) in [6.07, 6.45) is 5.49. The molecule has 0 saturated heterocycles. The van der Waals surface area contributed by atoms with E-state index in [1.54, 1.807) is 0 Å². The number of benzene rings is 1. The molecule has 152 valence electrons. The van der Waals surface area contributed by atoms with Crippen LogP contribution < -0.4 is 5.56 Å². The second kappa shape index (κ2) is 7.03. The van der Waals surface area contributed by atoms with E-state index >= 15 is 0 Å². The van der Waals surface area contributed by atoms with E-state index < -0.39 is 0 Å². The van der Waals surface area contributed by atoms with Crippen LogP contribution in [0.2, 0.25) is 0 Å². The van der Waals surface area contributed by atoms with Crippen molar-refractivity contribution in [1.29, 1.82) is 0 Å². The molecule has 1 aliphatic heterocycles. The predicted molar refractivity (Wildman–Crippen MR) is 123 cm³/mol. The van der Waals surface area contributed by atoms with Crippen LogP contribution in [-0.4, -0.2) is 14.5 Å². The highest BCUT2D eigenvalue weighted by Gasteiger charge is 2.25. The molecule has 0 fully saturated rings. The molecular formula is C25H19N3O2S. The molecule has 5 heterocycles. The molecule has 4 aromatic heterocycles. The summed E-state index contributed by atoms with van der Waals surface area (Å²) < 4.78 is 8.15. The van der Waals surface area contributed by atoms with Gasteiger partial charge in [-0.15, -0.1) is 11.3 Å². The van der Waals surface area contributed by atoms with Crippen molar-refractivity contribution >= 4 is 22.3 Å². The van der Waals surface area contributed by atoms with Gasteiger partial charge in [0.2, 0.25) is 0 Å². The molecule has 0 radical (unpaired) electrons. The largest absolute Gasteiger partial charge is 0.456 e. The van der Waals surface area contributed by atoms with E-state index in [4.69, 9.17) is 4.42 Å². The van der Waals surface area contributed by atoms with Gasteiger partial charge in [-0.05, 0) is 49.6 Å². The molecule has 31 heavy (non-hydrogen) atoms. The Morgan fingerprint density at radius 2 is 2.00 bits per heavy atom. The molecule has 0 N–H and O–H groups in total. The van der Waals surface area contributed by atoms with Crippen LogP contribution >= 0.6 is 11.3 Å². The zero-order chi connectivity index (χ0) is 20.9. The molecule has 0 amide bonds. The molecular weight excluding hydrogens is 406 g/mol. The Morgan fingerprint density at radius 1 is 1.10 bits per heavy atom. The quantitative estimate of drug-likeness (QED) is 0.364. The number of hydrogen-bond donors (Lipinski definition) is 0. The molecule has 1 aliphatic rings. The third-order valence-electron chi connectivity index (χ3n) is 5.82. The molecule has 0 aliphatic carbocycles. The second-order valence-corrected chi connectivity index (χ2v) is 8.71. The summed E-state index contributed by atoms with van der Waals surface area (Å²) in [6, 6.07) is 14.0. The average molecular weight is 426 g/mol. The van der Waals surface area contributed by atoms with Crippen LogP contribution in [0.1, 0.15) is 17.7 Å². The van der Waals surface area contributed by atoms with Gasteiger partial charge in [-0.1, -0.05) is 18.2 Å². The number of furan rings is 1. The number of hydrogen-bond acceptors (Lipinski definition) is 5. The summed E-state index contributed by atoms with van der Waals surface area (Å²) in [4.78, 5) is 22.6. The zero-order valence-corrected chi connectivity index (χ0v) is 17.8. The molecule has 0 bridgehead atoms. The molecule has 0 atom stereocenters. The Bertz CT molecular complexity index is 1480. The number of aryl methyl sites for hydroxylation is 2. The van der Waals surface area contributed by atoms with Crippen LogP contribution in [0.4, 0.5) is 0 Å². The van der Waals surface area contributed by atoms with Gasteiger partial charge < -0.3 is 8.98 Å². The smallest absolute Gasteiger partial charge is 0.261 e. The fourth-order valence-electron chi connectivity index (χ4n) is 4.39. The molecule has 0 saturated carbocycles. The number of nitrogens with zero attached hydrogens (tertiary/aromatic N) is 3. The predicted octanol–water partition coefficient (Wildman–Crippen LogP) is 5.70. The van der Waals surface area contributed by atoms with Gasteiger partial charge in [0.05, 0.1) is 11.3 Å². The van der Waals surface area contributed by atoms with Gasteiger partial charge in [-0.2, -0.15) is 0 Å². The Balaban J connectivity index is 1.72. The monoisotopic (exact) mass is 425 g/mol. The van der Waals surface area contributed by atoms with Crippen LogP contribution in [0.3, 0.4) is 0 Å². The minimum Gasteiger partial charge on any atom is -0.456 e. The number of fused-ring (bicyclic) bond motifs is 4. The van der Waals surface area contributed by atoms with Crippen molar-refractivity contribution in [2.75, 3.05) is 0 Å². The SMILES string of the molecule is Cc1csc(-c2cc(-c3cc4ccccc4o3)c3n(c2=O)CCCc2ccncc2-3)n1. The van der Waals surface area contributed by atoms with Gasteiger partial charge in [-0.25, -0.2) is 4.98 Å². The Hall–Kier alpha value is -3.51. The first-order chi connectivity index (χ1) is 15.2. The third-order valence-corrected chi connectivity index (χ3v) is 6.82. The van der Waals surface area contributed by atoms with Gasteiger partial charge >= 0.3 is 0 Å². The van der Waals surface area contributed by atoms with Gasteiger partial charge in [0.25, 0.3) is 5.56 Å². The first-order valence-corrected chi connectivity index (χ1v) is 11.2. The van der Waals surface area contributed by atoms with Crippen molar-refractivity contribution in [3.05, 3.63) is 81.8 Å². The van der Waals surface area contributed by atoms with E-state index in [1.165, 1.54) is 16.9 Å². The van der Waals surface area contributed by atoms with Crippen molar-refractivity contribution in [1.82, 2.24) is 14.5 Å². The number of pyridine rings is 2. The maximum absolute atomic E-state index is 13.6. The molecule has 0 unspecified atom stereocenters. The Kier molecular flexibility index (Phi) is 4.14. The highest BCUT2D eigenvalue weighted by molar-refractivity contribution is 7.13. The van der Waals surface area contributed by atoms with Crippen LogP contribution in [-0.2, 0) is 13.0 Å². The van der Waals surface area contributed by atoms with E-state index in [9.17, 15) is 4.79 Å². The summed E-state index contributed by atoms with van der Waals surface area (Å²) in [7, 11) is 0. The lowest BCUT2D eigenvalue weighted by Gasteiger charge is -2.16. The van der Waals surface area contributed by atoms with Gasteiger partial charge in [0, 0.05) is 46.5 Å². The fraction of sp³-hybridized carbons (Fsp3) is 0.160. The highest BCUT2D eigenvalue weighted by Crippen LogP contribution is 2.39. The minimum atomic E-state index is -0.0130. The molecule has 0 spiro atoms. The van der Waals surface area contributed by atoms with Crippen LogP contribution in [0, 0.1) is 6.92 Å². The van der Waals surface area contributed by atoms with Crippen LogP contribution in [0.5, 0.6) is 0 Å². The first kappa shape index (κ1) is 18.3. The van der Waals surface area contributed by atoms with Crippen molar-refractivity contribution < 1.29 is 4.42 Å². The van der Waals surface area contributed by atoms with Gasteiger partial charge in [0.15, 0.2) is 0 Å². The molecule has 6 rings (SSSR count). The number of rotatable bonds is 2. The average Bonchev–Trinajstić information content (AvgIpc) is 3.36. The minimum absolute atomic E-state index is 0.0130. The van der Waals surface area contributed by atoms with Crippen molar-refractivity contribution in [3.63, 3.8) is 0 Å². The van der Waals surface area contributed by atoms with E-state index in [1.807, 2.05) is 65.7 Å².